The number of nitrogens with one attached hydrogen (secondary N) is 1. The summed E-state index contributed by atoms with van der Waals surface area (Å²) in [4.78, 5) is 16.4. The monoisotopic (exact) mass is 259 g/mol. The standard InChI is InChI=1S/C15H21N3O/c1-11(2)12(3)9-16-10-13-8-15(19)18-7-5-4-6-14(18)17-13/h4-8,11-12,16H,9-10H2,1-3H3. The number of hydrogen-bond acceptors (Lipinski definition) is 3. The Balaban J connectivity index is 2.08. The van der Waals surface area contributed by atoms with Gasteiger partial charge in [0.05, 0.1) is 5.69 Å². The second-order valence-electron chi connectivity index (χ2n) is 5.37. The Kier molecular flexibility index (Phi) is 4.32. The predicted octanol–water partition coefficient (Wildman–Crippen LogP) is 2.08. The molecule has 0 aliphatic heterocycles. The first-order chi connectivity index (χ1) is 9.08. The first-order valence-electron chi connectivity index (χ1n) is 6.76. The molecule has 0 amide bonds. The van der Waals surface area contributed by atoms with Crippen LogP contribution in [0.3, 0.4) is 0 Å². The number of pyridine rings is 1. The summed E-state index contributed by atoms with van der Waals surface area (Å²) in [5.41, 5.74) is 1.47. The highest BCUT2D eigenvalue weighted by Gasteiger charge is 2.07. The summed E-state index contributed by atoms with van der Waals surface area (Å²) in [6.07, 6.45) is 1.74. The van der Waals surface area contributed by atoms with E-state index in [4.69, 9.17) is 0 Å². The summed E-state index contributed by atoms with van der Waals surface area (Å²) in [6.45, 7) is 8.23. The molecule has 0 bridgehead atoms. The van der Waals surface area contributed by atoms with Gasteiger partial charge < -0.3 is 5.32 Å². The smallest absolute Gasteiger partial charge is 0.258 e. The van der Waals surface area contributed by atoms with Gasteiger partial charge in [-0.2, -0.15) is 0 Å². The van der Waals surface area contributed by atoms with Crippen molar-refractivity contribution in [3.63, 3.8) is 0 Å². The van der Waals surface area contributed by atoms with E-state index in [1.54, 1.807) is 16.7 Å². The van der Waals surface area contributed by atoms with Gasteiger partial charge >= 0.3 is 0 Å². The number of hydrogen-bond donors (Lipinski definition) is 1. The van der Waals surface area contributed by atoms with Crippen LogP contribution in [0.15, 0.2) is 35.3 Å². The van der Waals surface area contributed by atoms with Gasteiger partial charge in [0.2, 0.25) is 0 Å². The van der Waals surface area contributed by atoms with Crippen molar-refractivity contribution in [3.05, 3.63) is 46.5 Å². The van der Waals surface area contributed by atoms with Crippen LogP contribution in [0.4, 0.5) is 0 Å². The fraction of sp³-hybridized carbons (Fsp3) is 0.467. The van der Waals surface area contributed by atoms with Crippen LogP contribution >= 0.6 is 0 Å². The Bertz CT molecular complexity index is 604. The zero-order valence-electron chi connectivity index (χ0n) is 11.8. The van der Waals surface area contributed by atoms with Crippen LogP contribution in [0.25, 0.3) is 5.65 Å². The van der Waals surface area contributed by atoms with E-state index in [1.165, 1.54) is 0 Å². The second-order valence-corrected chi connectivity index (χ2v) is 5.37. The first-order valence-corrected chi connectivity index (χ1v) is 6.76. The molecule has 2 rings (SSSR count). The number of fused-ring (bicyclic) bond motifs is 1. The van der Waals surface area contributed by atoms with Crippen molar-refractivity contribution >= 4 is 5.65 Å². The van der Waals surface area contributed by atoms with Gasteiger partial charge in [0.25, 0.3) is 5.56 Å². The van der Waals surface area contributed by atoms with Crippen LogP contribution in [-0.2, 0) is 6.54 Å². The van der Waals surface area contributed by atoms with Gasteiger partial charge in [-0.3, -0.25) is 9.20 Å². The summed E-state index contributed by atoms with van der Waals surface area (Å²) in [5.74, 6) is 1.27. The van der Waals surface area contributed by atoms with Crippen LogP contribution in [0, 0.1) is 11.8 Å². The third kappa shape index (κ3) is 3.41. The maximum absolute atomic E-state index is 11.9. The van der Waals surface area contributed by atoms with Crippen molar-refractivity contribution in [2.24, 2.45) is 11.8 Å². The maximum atomic E-state index is 11.9. The molecule has 4 nitrogen and oxygen atoms in total. The van der Waals surface area contributed by atoms with Crippen LogP contribution in [0.5, 0.6) is 0 Å². The van der Waals surface area contributed by atoms with Gasteiger partial charge in [-0.25, -0.2) is 4.98 Å². The van der Waals surface area contributed by atoms with E-state index in [1.807, 2.05) is 18.2 Å². The second kappa shape index (κ2) is 5.97. The molecular weight excluding hydrogens is 238 g/mol. The minimum absolute atomic E-state index is 0.0284. The van der Waals surface area contributed by atoms with Gasteiger partial charge in [0.15, 0.2) is 0 Å². The van der Waals surface area contributed by atoms with Crippen molar-refractivity contribution < 1.29 is 0 Å². The molecule has 0 fully saturated rings. The van der Waals surface area contributed by atoms with E-state index in [0.717, 1.165) is 12.2 Å². The predicted molar refractivity (Wildman–Crippen MR) is 77.2 cm³/mol. The third-order valence-electron chi connectivity index (χ3n) is 3.53. The molecule has 102 valence electrons. The van der Waals surface area contributed by atoms with Crippen molar-refractivity contribution in [2.75, 3.05) is 6.54 Å². The highest BCUT2D eigenvalue weighted by molar-refractivity contribution is 5.37. The van der Waals surface area contributed by atoms with Crippen LogP contribution in [0.1, 0.15) is 26.5 Å². The molecular formula is C15H21N3O. The first kappa shape index (κ1) is 13.7. The van der Waals surface area contributed by atoms with Gasteiger partial charge in [-0.05, 0) is 30.5 Å². The lowest BCUT2D eigenvalue weighted by atomic mass is 9.98. The van der Waals surface area contributed by atoms with Crippen LogP contribution in [-0.4, -0.2) is 15.9 Å². The number of aromatic nitrogens is 2. The third-order valence-corrected chi connectivity index (χ3v) is 3.53. The summed E-state index contributed by atoms with van der Waals surface area (Å²) in [7, 11) is 0. The average Bonchev–Trinajstić information content (AvgIpc) is 2.38. The topological polar surface area (TPSA) is 46.4 Å². The minimum atomic E-state index is -0.0284. The Labute approximate surface area is 113 Å². The molecule has 0 aliphatic carbocycles. The molecule has 0 saturated heterocycles. The molecule has 2 aromatic heterocycles. The lowest BCUT2D eigenvalue weighted by Gasteiger charge is -2.15. The molecule has 0 saturated carbocycles. The van der Waals surface area contributed by atoms with Crippen molar-refractivity contribution in [2.45, 2.75) is 27.3 Å². The Morgan fingerprint density at radius 2 is 2.11 bits per heavy atom. The van der Waals surface area contributed by atoms with Crippen LogP contribution < -0.4 is 10.9 Å². The van der Waals surface area contributed by atoms with Gasteiger partial charge in [0.1, 0.15) is 5.65 Å². The maximum Gasteiger partial charge on any atom is 0.258 e. The van der Waals surface area contributed by atoms with E-state index in [-0.39, 0.29) is 5.56 Å². The molecule has 0 aliphatic rings. The van der Waals surface area contributed by atoms with E-state index >= 15 is 0 Å². The highest BCUT2D eigenvalue weighted by atomic mass is 16.1. The molecule has 2 aromatic rings. The summed E-state index contributed by atoms with van der Waals surface area (Å²) in [6, 6.07) is 7.17. The Hall–Kier alpha value is -1.68. The molecule has 1 unspecified atom stereocenters. The average molecular weight is 259 g/mol. The molecule has 19 heavy (non-hydrogen) atoms. The molecule has 1 atom stereocenters. The van der Waals surface area contributed by atoms with Crippen molar-refractivity contribution in [3.8, 4) is 0 Å². The van der Waals surface area contributed by atoms with E-state index in [0.29, 0.717) is 24.0 Å². The fourth-order valence-electron chi connectivity index (χ4n) is 1.86. The molecule has 1 N–H and O–H groups in total. The quantitative estimate of drug-likeness (QED) is 0.894. The van der Waals surface area contributed by atoms with Gasteiger partial charge in [0, 0.05) is 18.8 Å². The van der Waals surface area contributed by atoms with Crippen LogP contribution in [0.2, 0.25) is 0 Å². The molecule has 2 heterocycles. The van der Waals surface area contributed by atoms with Gasteiger partial charge in [-0.15, -0.1) is 0 Å². The normalized spacial score (nSPS) is 13.1. The molecule has 4 heteroatoms. The van der Waals surface area contributed by atoms with Crippen molar-refractivity contribution in [1.82, 2.24) is 14.7 Å². The van der Waals surface area contributed by atoms with E-state index < -0.39 is 0 Å². The zero-order chi connectivity index (χ0) is 13.8. The van der Waals surface area contributed by atoms with Gasteiger partial charge in [-0.1, -0.05) is 26.8 Å². The van der Waals surface area contributed by atoms with E-state index in [9.17, 15) is 4.79 Å². The Morgan fingerprint density at radius 1 is 1.32 bits per heavy atom. The minimum Gasteiger partial charge on any atom is -0.311 e. The number of nitrogens with zero attached hydrogens (tertiary/aromatic N) is 2. The molecule has 0 spiro atoms. The summed E-state index contributed by atoms with van der Waals surface area (Å²) >= 11 is 0. The highest BCUT2D eigenvalue weighted by Crippen LogP contribution is 2.07. The van der Waals surface area contributed by atoms with E-state index in [2.05, 4.69) is 31.1 Å². The van der Waals surface area contributed by atoms with Crippen molar-refractivity contribution in [1.29, 1.82) is 0 Å². The molecule has 0 aromatic carbocycles. The SMILES string of the molecule is CC(C)C(C)CNCc1cc(=O)n2ccccc2n1. The largest absolute Gasteiger partial charge is 0.311 e. The zero-order valence-corrected chi connectivity index (χ0v) is 11.8. The Morgan fingerprint density at radius 3 is 2.84 bits per heavy atom. The fourth-order valence-corrected chi connectivity index (χ4v) is 1.86. The summed E-state index contributed by atoms with van der Waals surface area (Å²) in [5, 5.41) is 3.36. The lowest BCUT2D eigenvalue weighted by molar-refractivity contribution is 0.391. The molecule has 0 radical (unpaired) electrons. The number of rotatable bonds is 5. The summed E-state index contributed by atoms with van der Waals surface area (Å²) < 4.78 is 1.56. The lowest BCUT2D eigenvalue weighted by Crippen LogP contribution is -2.25.